The summed E-state index contributed by atoms with van der Waals surface area (Å²) in [6.45, 7) is 8.08. The molecule has 0 radical (unpaired) electrons. The fourth-order valence-corrected chi connectivity index (χ4v) is 5.76. The third kappa shape index (κ3) is 7.73. The molecule has 2 aromatic heterocycles. The van der Waals surface area contributed by atoms with Crippen LogP contribution < -0.4 is 25.1 Å². The lowest BCUT2D eigenvalue weighted by molar-refractivity contribution is -0.112. The molecular weight excluding hydrogens is 592 g/mol. The number of hydrogen-bond donors (Lipinski definition) is 2. The summed E-state index contributed by atoms with van der Waals surface area (Å²) >= 11 is 0. The number of benzene rings is 2. The van der Waals surface area contributed by atoms with Crippen molar-refractivity contribution in [3.05, 3.63) is 103 Å². The van der Waals surface area contributed by atoms with Crippen LogP contribution in [0.15, 0.2) is 103 Å². The van der Waals surface area contributed by atoms with E-state index in [0.717, 1.165) is 54.0 Å². The van der Waals surface area contributed by atoms with Gasteiger partial charge in [0.15, 0.2) is 0 Å². The minimum absolute atomic E-state index is 0.206. The van der Waals surface area contributed by atoms with Crippen molar-refractivity contribution in [3.63, 3.8) is 0 Å². The van der Waals surface area contributed by atoms with E-state index in [4.69, 9.17) is 14.2 Å². The molecule has 1 amide bonds. The summed E-state index contributed by atoms with van der Waals surface area (Å²) in [4.78, 5) is 22.1. The van der Waals surface area contributed by atoms with E-state index in [1.54, 1.807) is 30.6 Å². The quantitative estimate of drug-likeness (QED) is 0.0698. The van der Waals surface area contributed by atoms with Crippen LogP contribution in [0.25, 0.3) is 10.9 Å². The van der Waals surface area contributed by atoms with E-state index in [9.17, 15) is 4.79 Å². The number of hydrazine groups is 1. The normalized spacial score (nSPS) is 16.8. The highest BCUT2D eigenvalue weighted by atomic mass is 16.5. The van der Waals surface area contributed by atoms with Crippen molar-refractivity contribution in [1.29, 1.82) is 0 Å². The van der Waals surface area contributed by atoms with Crippen LogP contribution in [-0.2, 0) is 9.53 Å². The first-order chi connectivity index (χ1) is 22.8. The zero-order valence-corrected chi connectivity index (χ0v) is 27.2. The first-order valence-electron chi connectivity index (χ1n) is 16.0. The van der Waals surface area contributed by atoms with Crippen molar-refractivity contribution in [3.8, 4) is 17.2 Å². The number of hydrogen-bond acceptors (Lipinski definition) is 9. The number of carbonyl (C=O) groups excluding carboxylic acids is 1. The van der Waals surface area contributed by atoms with Gasteiger partial charge in [0.25, 0.3) is 5.91 Å². The molecule has 10 nitrogen and oxygen atoms in total. The average Bonchev–Trinajstić information content (AvgIpc) is 3.74. The van der Waals surface area contributed by atoms with Crippen molar-refractivity contribution in [2.24, 2.45) is 0 Å². The van der Waals surface area contributed by atoms with Crippen LogP contribution >= 0.6 is 0 Å². The summed E-state index contributed by atoms with van der Waals surface area (Å²) in [7, 11) is 3.83. The minimum atomic E-state index is -0.309. The highest BCUT2D eigenvalue weighted by Gasteiger charge is 2.49. The number of pyridine rings is 2. The van der Waals surface area contributed by atoms with Crippen LogP contribution in [0.5, 0.6) is 17.2 Å². The molecular formula is C37H42N6O4. The molecule has 244 valence electrons. The van der Waals surface area contributed by atoms with E-state index < -0.39 is 0 Å². The number of nitrogens with zero attached hydrogens (tertiary/aromatic N) is 4. The molecule has 1 aliphatic heterocycles. The number of aromatic nitrogens is 2. The number of rotatable bonds is 14. The van der Waals surface area contributed by atoms with Crippen LogP contribution in [0, 0.1) is 0 Å². The lowest BCUT2D eigenvalue weighted by Crippen LogP contribution is -2.36. The van der Waals surface area contributed by atoms with Gasteiger partial charge in [-0.3, -0.25) is 19.8 Å². The molecule has 2 N–H and O–H groups in total. The summed E-state index contributed by atoms with van der Waals surface area (Å²) in [5.41, 5.74) is 3.14. The maximum absolute atomic E-state index is 13.2. The summed E-state index contributed by atoms with van der Waals surface area (Å²) < 4.78 is 18.1. The molecule has 2 fully saturated rings. The van der Waals surface area contributed by atoms with Crippen LogP contribution in [0.2, 0.25) is 0 Å². The lowest BCUT2D eigenvalue weighted by atomic mass is 10.1. The lowest BCUT2D eigenvalue weighted by Gasteiger charge is -2.33. The summed E-state index contributed by atoms with van der Waals surface area (Å²) in [6.07, 6.45) is 9.30. The number of para-hydroxylation sites is 1. The molecule has 6 rings (SSSR count). The molecule has 1 saturated heterocycles. The topological polar surface area (TPSA) is 101 Å². The Kier molecular flexibility index (Phi) is 9.70. The van der Waals surface area contributed by atoms with Gasteiger partial charge in [-0.1, -0.05) is 30.9 Å². The zero-order chi connectivity index (χ0) is 32.8. The average molecular weight is 635 g/mol. The second-order valence-electron chi connectivity index (χ2n) is 12.1. The summed E-state index contributed by atoms with van der Waals surface area (Å²) in [6, 6.07) is 21.5. The van der Waals surface area contributed by atoms with Crippen molar-refractivity contribution >= 4 is 28.3 Å². The van der Waals surface area contributed by atoms with Gasteiger partial charge in [0.2, 0.25) is 0 Å². The van der Waals surface area contributed by atoms with E-state index in [1.165, 1.54) is 12.8 Å². The first kappa shape index (κ1) is 32.0. The van der Waals surface area contributed by atoms with Gasteiger partial charge >= 0.3 is 0 Å². The van der Waals surface area contributed by atoms with Gasteiger partial charge in [-0.2, -0.15) is 0 Å². The van der Waals surface area contributed by atoms with Gasteiger partial charge < -0.3 is 24.8 Å². The smallest absolute Gasteiger partial charge is 0.258 e. The van der Waals surface area contributed by atoms with Crippen molar-refractivity contribution in [2.75, 3.05) is 44.2 Å². The van der Waals surface area contributed by atoms with E-state index in [-0.39, 0.29) is 11.5 Å². The van der Waals surface area contributed by atoms with E-state index >= 15 is 0 Å². The SMILES string of the molecule is C=C/C(C(=O)Nc1ccc(Oc2ccnc3cc(OCCCNC4COC5(CC5)C4)ccc23)cn1)=C(/C)N(C)N(C)c1ccccc1. The summed E-state index contributed by atoms with van der Waals surface area (Å²) in [5, 5.41) is 11.2. The van der Waals surface area contributed by atoms with Gasteiger partial charge in [-0.15, -0.1) is 0 Å². The second-order valence-corrected chi connectivity index (χ2v) is 12.1. The Hall–Kier alpha value is -4.93. The standard InChI is InChI=1S/C37H42N6O4/c1-5-31(26(2)42(3)43(4)28-10-7-6-8-11-28)36(44)41-35-15-13-30(24-40-35)47-34-16-20-39-33-22-29(12-14-32(33)34)45-21-9-19-38-27-23-37(17-18-37)46-25-27/h5-8,10-16,20,22,24,27,38H,1,9,17-19,21,23,25H2,2-4H3,(H,40,41,44)/b31-26+. The molecule has 10 heteroatoms. The maximum Gasteiger partial charge on any atom is 0.258 e. The number of allylic oxidation sites excluding steroid dienone is 1. The fourth-order valence-electron chi connectivity index (χ4n) is 5.76. The van der Waals surface area contributed by atoms with Gasteiger partial charge in [-0.05, 0) is 81.6 Å². The molecule has 1 atom stereocenters. The Labute approximate surface area is 276 Å². The molecule has 1 saturated carbocycles. The predicted octanol–water partition coefficient (Wildman–Crippen LogP) is 6.48. The molecule has 1 spiro atoms. The molecule has 3 heterocycles. The third-order valence-corrected chi connectivity index (χ3v) is 8.82. The molecule has 1 unspecified atom stereocenters. The Balaban J connectivity index is 1.02. The van der Waals surface area contributed by atoms with Crippen LogP contribution in [0.3, 0.4) is 0 Å². The Morgan fingerprint density at radius 3 is 2.62 bits per heavy atom. The van der Waals surface area contributed by atoms with Crippen molar-refractivity contribution in [2.45, 2.75) is 44.2 Å². The number of carbonyl (C=O) groups is 1. The van der Waals surface area contributed by atoms with Crippen LogP contribution in [0.1, 0.15) is 32.6 Å². The monoisotopic (exact) mass is 634 g/mol. The Morgan fingerprint density at radius 2 is 1.89 bits per heavy atom. The van der Waals surface area contributed by atoms with Gasteiger partial charge in [0.1, 0.15) is 23.1 Å². The Bertz CT molecular complexity index is 1740. The molecule has 2 aliphatic rings. The largest absolute Gasteiger partial charge is 0.493 e. The number of amides is 1. The highest BCUT2D eigenvalue weighted by Crippen LogP contribution is 2.47. The number of anilines is 2. The van der Waals surface area contributed by atoms with E-state index in [0.29, 0.717) is 35.5 Å². The number of nitrogens with one attached hydrogen (secondary N) is 2. The van der Waals surface area contributed by atoms with Crippen LogP contribution in [-0.4, -0.2) is 66.4 Å². The fraction of sp³-hybridized carbons (Fsp3) is 0.324. The van der Waals surface area contributed by atoms with Crippen molar-refractivity contribution < 1.29 is 19.0 Å². The van der Waals surface area contributed by atoms with Crippen molar-refractivity contribution in [1.82, 2.24) is 20.3 Å². The highest BCUT2D eigenvalue weighted by molar-refractivity contribution is 6.05. The molecule has 4 aromatic rings. The van der Waals surface area contributed by atoms with Gasteiger partial charge in [-0.25, -0.2) is 4.98 Å². The summed E-state index contributed by atoms with van der Waals surface area (Å²) in [5.74, 6) is 2.04. The molecule has 2 aromatic carbocycles. The second kappa shape index (κ2) is 14.2. The van der Waals surface area contributed by atoms with E-state index in [2.05, 4.69) is 27.2 Å². The minimum Gasteiger partial charge on any atom is -0.493 e. The zero-order valence-electron chi connectivity index (χ0n) is 27.2. The molecule has 1 aliphatic carbocycles. The Morgan fingerprint density at radius 1 is 1.09 bits per heavy atom. The number of ether oxygens (including phenoxy) is 3. The third-order valence-electron chi connectivity index (χ3n) is 8.82. The van der Waals surface area contributed by atoms with Gasteiger partial charge in [0, 0.05) is 43.5 Å². The van der Waals surface area contributed by atoms with Crippen LogP contribution in [0.4, 0.5) is 11.5 Å². The first-order valence-corrected chi connectivity index (χ1v) is 16.0. The predicted molar refractivity (Wildman–Crippen MR) is 185 cm³/mol. The molecule has 47 heavy (non-hydrogen) atoms. The van der Waals surface area contributed by atoms with Gasteiger partial charge in [0.05, 0.1) is 41.8 Å². The number of fused-ring (bicyclic) bond motifs is 1. The van der Waals surface area contributed by atoms with E-state index in [1.807, 2.05) is 85.6 Å². The molecule has 0 bridgehead atoms. The maximum atomic E-state index is 13.2.